The molecule has 0 spiro atoms. The zero-order valence-electron chi connectivity index (χ0n) is 6.83. The van der Waals surface area contributed by atoms with Crippen LogP contribution in [-0.4, -0.2) is 11.2 Å². The third kappa shape index (κ3) is 2.44. The summed E-state index contributed by atoms with van der Waals surface area (Å²) in [5, 5.41) is -4.36. The maximum absolute atomic E-state index is 12.8. The van der Waals surface area contributed by atoms with Crippen LogP contribution >= 0.6 is 11.6 Å². The summed E-state index contributed by atoms with van der Waals surface area (Å²) in [5.74, 6) is -6.91. The minimum Gasteiger partial charge on any atom is -0.286 e. The normalized spacial score (nSPS) is 11.6. The molecule has 0 N–H and O–H groups in total. The number of ketones is 1. The Morgan fingerprint density at radius 1 is 1.07 bits per heavy atom. The van der Waals surface area contributed by atoms with Gasteiger partial charge in [-0.15, -0.1) is 0 Å². The quantitative estimate of drug-likeness (QED) is 0.338. The molecular formula is C8H2ClF5O. The molecule has 0 atom stereocenters. The maximum atomic E-state index is 12.8. The van der Waals surface area contributed by atoms with Crippen molar-refractivity contribution in [2.75, 3.05) is 0 Å². The second-order valence-corrected chi connectivity index (χ2v) is 3.05. The van der Waals surface area contributed by atoms with Crippen LogP contribution in [0.2, 0.25) is 0 Å². The fraction of sp³-hybridized carbons (Fsp3) is 0.125. The highest BCUT2D eigenvalue weighted by Gasteiger charge is 2.38. The maximum Gasteiger partial charge on any atom is 0.385 e. The fourth-order valence-electron chi connectivity index (χ4n) is 0.849. The van der Waals surface area contributed by atoms with E-state index in [4.69, 9.17) is 0 Å². The molecule has 1 rings (SSSR count). The first-order valence-corrected chi connectivity index (χ1v) is 3.87. The molecule has 0 radical (unpaired) electrons. The van der Waals surface area contributed by atoms with Gasteiger partial charge in [0, 0.05) is 6.07 Å². The smallest absolute Gasteiger partial charge is 0.286 e. The number of Topliss-reactive ketones (excluding diaryl/α,β-unsaturated/α-hetero) is 1. The van der Waals surface area contributed by atoms with Gasteiger partial charge in [0.2, 0.25) is 0 Å². The zero-order chi connectivity index (χ0) is 11.8. The summed E-state index contributed by atoms with van der Waals surface area (Å²) in [5.41, 5.74) is -1.30. The standard InChI is InChI=1S/C8H2ClF5O/c9-8(13,14)7(15)3-1-5(11)6(12)2-4(3)10/h1-2H. The number of hydrogen-bond donors (Lipinski definition) is 0. The Hall–Kier alpha value is -1.17. The van der Waals surface area contributed by atoms with Crippen molar-refractivity contribution in [3.8, 4) is 0 Å². The van der Waals surface area contributed by atoms with Gasteiger partial charge in [-0.05, 0) is 17.7 Å². The Morgan fingerprint density at radius 3 is 2.00 bits per heavy atom. The average molecular weight is 245 g/mol. The van der Waals surface area contributed by atoms with Gasteiger partial charge in [0.1, 0.15) is 5.82 Å². The minimum absolute atomic E-state index is 0.00873. The summed E-state index contributed by atoms with van der Waals surface area (Å²) in [6.07, 6.45) is 0. The molecule has 1 nitrogen and oxygen atoms in total. The molecule has 0 bridgehead atoms. The monoisotopic (exact) mass is 244 g/mol. The van der Waals surface area contributed by atoms with Crippen LogP contribution in [-0.2, 0) is 0 Å². The summed E-state index contributed by atoms with van der Waals surface area (Å²) < 4.78 is 62.2. The number of benzene rings is 1. The predicted octanol–water partition coefficient (Wildman–Crippen LogP) is 3.12. The molecule has 0 aromatic heterocycles. The van der Waals surface area contributed by atoms with E-state index in [0.717, 1.165) is 0 Å². The van der Waals surface area contributed by atoms with Gasteiger partial charge in [0.05, 0.1) is 5.56 Å². The topological polar surface area (TPSA) is 17.1 Å². The fourth-order valence-corrected chi connectivity index (χ4v) is 0.951. The number of halogens is 6. The SMILES string of the molecule is O=C(c1cc(F)c(F)cc1F)C(F)(F)Cl. The Balaban J connectivity index is 3.28. The molecule has 1 aromatic rings. The van der Waals surface area contributed by atoms with E-state index >= 15 is 0 Å². The van der Waals surface area contributed by atoms with E-state index in [0.29, 0.717) is 0 Å². The first kappa shape index (κ1) is 11.9. The summed E-state index contributed by atoms with van der Waals surface area (Å²) in [6.45, 7) is 0. The van der Waals surface area contributed by atoms with Crippen molar-refractivity contribution >= 4 is 17.4 Å². The molecule has 0 amide bonds. The van der Waals surface area contributed by atoms with E-state index in [2.05, 4.69) is 11.6 Å². The second-order valence-electron chi connectivity index (χ2n) is 2.57. The lowest BCUT2D eigenvalue weighted by Gasteiger charge is -2.07. The van der Waals surface area contributed by atoms with Gasteiger partial charge in [-0.1, -0.05) is 0 Å². The summed E-state index contributed by atoms with van der Waals surface area (Å²) in [6, 6.07) is 0.0223. The van der Waals surface area contributed by atoms with Gasteiger partial charge >= 0.3 is 5.38 Å². The van der Waals surface area contributed by atoms with Crippen molar-refractivity contribution in [3.05, 3.63) is 35.1 Å². The highest BCUT2D eigenvalue weighted by molar-refractivity contribution is 6.35. The van der Waals surface area contributed by atoms with Crippen LogP contribution in [0.25, 0.3) is 0 Å². The minimum atomic E-state index is -4.36. The molecule has 15 heavy (non-hydrogen) atoms. The van der Waals surface area contributed by atoms with Gasteiger partial charge in [-0.25, -0.2) is 13.2 Å². The van der Waals surface area contributed by atoms with E-state index in [9.17, 15) is 26.7 Å². The Labute approximate surface area is 85.5 Å². The summed E-state index contributed by atoms with van der Waals surface area (Å²) in [7, 11) is 0. The number of carbonyl (C=O) groups is 1. The van der Waals surface area contributed by atoms with Gasteiger partial charge in [0.15, 0.2) is 11.6 Å². The molecule has 0 fully saturated rings. The van der Waals surface area contributed by atoms with Gasteiger partial charge < -0.3 is 0 Å². The zero-order valence-corrected chi connectivity index (χ0v) is 7.59. The molecule has 0 aliphatic heterocycles. The summed E-state index contributed by atoms with van der Waals surface area (Å²) in [4.78, 5) is 10.7. The van der Waals surface area contributed by atoms with E-state index in [1.54, 1.807) is 0 Å². The van der Waals surface area contributed by atoms with Gasteiger partial charge in [-0.2, -0.15) is 8.78 Å². The molecule has 0 saturated heterocycles. The van der Waals surface area contributed by atoms with Crippen LogP contribution in [0, 0.1) is 17.5 Å². The highest BCUT2D eigenvalue weighted by Crippen LogP contribution is 2.26. The average Bonchev–Trinajstić information content (AvgIpc) is 2.08. The number of rotatable bonds is 2. The molecule has 82 valence electrons. The van der Waals surface area contributed by atoms with Crippen molar-refractivity contribution in [1.82, 2.24) is 0 Å². The largest absolute Gasteiger partial charge is 0.385 e. The summed E-state index contributed by atoms with van der Waals surface area (Å²) >= 11 is 4.32. The molecule has 7 heteroatoms. The lowest BCUT2D eigenvalue weighted by molar-refractivity contribution is 0.0531. The molecule has 1 aromatic carbocycles. The first-order chi connectivity index (χ1) is 6.73. The lowest BCUT2D eigenvalue weighted by Crippen LogP contribution is -2.23. The number of hydrogen-bond acceptors (Lipinski definition) is 1. The van der Waals surface area contributed by atoms with Crippen molar-refractivity contribution in [1.29, 1.82) is 0 Å². The Kier molecular flexibility index (Phi) is 2.99. The number of alkyl halides is 3. The van der Waals surface area contributed by atoms with Gasteiger partial charge in [-0.3, -0.25) is 4.79 Å². The van der Waals surface area contributed by atoms with Crippen molar-refractivity contribution in [2.45, 2.75) is 5.38 Å². The van der Waals surface area contributed by atoms with Crippen molar-refractivity contribution < 1.29 is 26.7 Å². The highest BCUT2D eigenvalue weighted by atomic mass is 35.5. The third-order valence-corrected chi connectivity index (χ3v) is 1.68. The predicted molar refractivity (Wildman–Crippen MR) is 41.4 cm³/mol. The first-order valence-electron chi connectivity index (χ1n) is 3.49. The van der Waals surface area contributed by atoms with Crippen LogP contribution in [0.4, 0.5) is 22.0 Å². The third-order valence-electron chi connectivity index (χ3n) is 1.51. The van der Waals surface area contributed by atoms with Crippen LogP contribution in [0.15, 0.2) is 12.1 Å². The van der Waals surface area contributed by atoms with Crippen molar-refractivity contribution in [3.63, 3.8) is 0 Å². The Morgan fingerprint density at radius 2 is 1.53 bits per heavy atom. The number of carbonyl (C=O) groups excluding carboxylic acids is 1. The van der Waals surface area contributed by atoms with Crippen molar-refractivity contribution in [2.24, 2.45) is 0 Å². The van der Waals surface area contributed by atoms with E-state index < -0.39 is 34.2 Å². The molecule has 0 saturated carbocycles. The molecule has 0 aliphatic rings. The van der Waals surface area contributed by atoms with E-state index in [1.165, 1.54) is 0 Å². The van der Waals surface area contributed by atoms with Crippen LogP contribution in [0.3, 0.4) is 0 Å². The van der Waals surface area contributed by atoms with E-state index in [-0.39, 0.29) is 12.1 Å². The lowest BCUT2D eigenvalue weighted by atomic mass is 10.1. The van der Waals surface area contributed by atoms with Crippen LogP contribution in [0.1, 0.15) is 10.4 Å². The van der Waals surface area contributed by atoms with Gasteiger partial charge in [0.25, 0.3) is 5.78 Å². The second kappa shape index (κ2) is 3.77. The molecule has 0 unspecified atom stereocenters. The molecular weight excluding hydrogens is 243 g/mol. The Bertz CT molecular complexity index is 412. The molecule has 0 aliphatic carbocycles. The van der Waals surface area contributed by atoms with E-state index in [1.807, 2.05) is 0 Å². The van der Waals surface area contributed by atoms with Crippen LogP contribution in [0.5, 0.6) is 0 Å². The van der Waals surface area contributed by atoms with Crippen LogP contribution < -0.4 is 0 Å². The molecule has 0 heterocycles.